The van der Waals surface area contributed by atoms with Crippen molar-refractivity contribution in [3.05, 3.63) is 88.2 Å². The van der Waals surface area contributed by atoms with E-state index in [9.17, 15) is 18.0 Å². The Morgan fingerprint density at radius 2 is 1.94 bits per heavy atom. The number of hydrogen-bond donors (Lipinski definition) is 2. The van der Waals surface area contributed by atoms with E-state index in [1.807, 2.05) is 0 Å². The molecule has 4 aromatic heterocycles. The fraction of sp³-hybridized carbons (Fsp3) is 0.143. The van der Waals surface area contributed by atoms with E-state index < -0.39 is 24.1 Å². The van der Waals surface area contributed by atoms with Crippen molar-refractivity contribution in [3.63, 3.8) is 0 Å². The second kappa shape index (κ2) is 8.46. The maximum absolute atomic E-state index is 12.7. The third kappa shape index (κ3) is 4.65. The largest absolute Gasteiger partial charge is 0.436 e. The molecule has 0 fully saturated rings. The molecule has 4 heterocycles. The molecule has 1 atom stereocenters. The summed E-state index contributed by atoms with van der Waals surface area (Å²) in [6.45, 7) is 0. The molecule has 0 radical (unpaired) electrons. The molecular weight excluding hydrogens is 447 g/mol. The minimum absolute atomic E-state index is 0.277. The van der Waals surface area contributed by atoms with Crippen molar-refractivity contribution in [2.45, 2.75) is 18.7 Å². The number of nitrogens with two attached hydrogens (primary N) is 1. The zero-order chi connectivity index (χ0) is 22.9. The number of rotatable bonds is 5. The average molecular weight is 462 g/mol. The highest BCUT2D eigenvalue weighted by molar-refractivity contribution is 6.31. The predicted molar refractivity (Wildman–Crippen MR) is 110 cm³/mol. The molecule has 4 rings (SSSR count). The zero-order valence-corrected chi connectivity index (χ0v) is 17.0. The first-order chi connectivity index (χ1) is 15.2. The fourth-order valence-electron chi connectivity index (χ4n) is 3.24. The van der Waals surface area contributed by atoms with Crippen molar-refractivity contribution < 1.29 is 22.7 Å². The van der Waals surface area contributed by atoms with Gasteiger partial charge in [-0.25, -0.2) is 9.78 Å². The van der Waals surface area contributed by atoms with E-state index in [1.54, 1.807) is 24.4 Å². The monoisotopic (exact) mass is 461 g/mol. The van der Waals surface area contributed by atoms with Crippen LogP contribution in [0.3, 0.4) is 0 Å². The summed E-state index contributed by atoms with van der Waals surface area (Å²) >= 11 is 6.05. The van der Waals surface area contributed by atoms with Crippen molar-refractivity contribution in [2.24, 2.45) is 5.73 Å². The van der Waals surface area contributed by atoms with Gasteiger partial charge in [-0.1, -0.05) is 23.7 Å². The first kappa shape index (κ1) is 21.6. The Balaban J connectivity index is 1.60. The molecule has 32 heavy (non-hydrogen) atoms. The number of aromatic nitrogens is 4. The molecule has 0 aliphatic heterocycles. The lowest BCUT2D eigenvalue weighted by molar-refractivity contribution is -0.141. The first-order valence-corrected chi connectivity index (χ1v) is 9.64. The van der Waals surface area contributed by atoms with Gasteiger partial charge in [0.2, 0.25) is 0 Å². The molecule has 0 aliphatic rings. The molecule has 1 amide bonds. The van der Waals surface area contributed by atoms with Crippen molar-refractivity contribution in [1.82, 2.24) is 19.9 Å². The summed E-state index contributed by atoms with van der Waals surface area (Å²) in [6.07, 6.45) is -0.244. The molecule has 11 heteroatoms. The van der Waals surface area contributed by atoms with E-state index in [0.29, 0.717) is 38.4 Å². The Bertz CT molecular complexity index is 1260. The summed E-state index contributed by atoms with van der Waals surface area (Å²) in [5, 5.41) is 1.07. The highest BCUT2D eigenvalue weighted by Gasteiger charge is 2.32. The van der Waals surface area contributed by atoms with Crippen LogP contribution < -0.4 is 5.73 Å². The lowest BCUT2D eigenvalue weighted by Crippen LogP contribution is -2.18. The maximum atomic E-state index is 12.7. The normalized spacial score (nSPS) is 12.6. The Hall–Kier alpha value is -3.66. The molecule has 0 aliphatic carbocycles. The number of nitrogens with zero attached hydrogens (tertiary/aromatic N) is 3. The van der Waals surface area contributed by atoms with Crippen LogP contribution in [0, 0.1) is 0 Å². The zero-order valence-electron chi connectivity index (χ0n) is 16.2. The molecule has 7 nitrogen and oxygen atoms in total. The minimum atomic E-state index is -4.49. The Morgan fingerprint density at radius 3 is 2.56 bits per heavy atom. The lowest BCUT2D eigenvalue weighted by atomic mass is 10.0. The quantitative estimate of drug-likeness (QED) is 0.444. The summed E-state index contributed by atoms with van der Waals surface area (Å²) in [4.78, 5) is 26.5. The number of carbonyl (C=O) groups excluding carboxylic acids is 1. The number of fused-ring (bicyclic) bond motifs is 1. The molecular formula is C21H15ClF3N5O2. The van der Waals surface area contributed by atoms with Crippen LogP contribution in [0.15, 0.2) is 55.1 Å². The van der Waals surface area contributed by atoms with E-state index in [-0.39, 0.29) is 6.42 Å². The van der Waals surface area contributed by atoms with Crippen LogP contribution in [-0.4, -0.2) is 26.0 Å². The van der Waals surface area contributed by atoms with Gasteiger partial charge in [0, 0.05) is 53.4 Å². The topological polar surface area (TPSA) is 107 Å². The van der Waals surface area contributed by atoms with Crippen LogP contribution >= 0.6 is 11.6 Å². The Morgan fingerprint density at radius 1 is 1.12 bits per heavy atom. The highest BCUT2D eigenvalue weighted by Crippen LogP contribution is 2.32. The van der Waals surface area contributed by atoms with Crippen LogP contribution in [0.25, 0.3) is 11.0 Å². The summed E-state index contributed by atoms with van der Waals surface area (Å²) in [5.41, 5.74) is 7.17. The summed E-state index contributed by atoms with van der Waals surface area (Å²) in [7, 11) is 0. The number of hydrogen-bond acceptors (Lipinski definition) is 5. The summed E-state index contributed by atoms with van der Waals surface area (Å²) in [5.74, 6) is 0. The smallest absolute Gasteiger partial charge is 0.433 e. The molecule has 0 bridgehead atoms. The second-order valence-corrected chi connectivity index (χ2v) is 7.36. The minimum Gasteiger partial charge on any atom is -0.436 e. The number of H-pyrrole nitrogens is 1. The van der Waals surface area contributed by atoms with E-state index in [2.05, 4.69) is 19.9 Å². The van der Waals surface area contributed by atoms with Crippen molar-refractivity contribution in [3.8, 4) is 0 Å². The summed E-state index contributed by atoms with van der Waals surface area (Å²) in [6, 6.07) is 7.35. The van der Waals surface area contributed by atoms with Gasteiger partial charge in [0.05, 0.1) is 5.02 Å². The second-order valence-electron chi connectivity index (χ2n) is 6.92. The Labute approximate surface area is 184 Å². The molecule has 3 N–H and O–H groups in total. The predicted octanol–water partition coefficient (Wildman–Crippen LogP) is 4.80. The average Bonchev–Trinajstić information content (AvgIpc) is 3.15. The standard InChI is InChI=1S/C21H15ClF3N5O2/c22-13-6-15-16(10-30-19(15)29-9-13)18(32-20(26)31)12-2-3-14(27-8-12)5-11-1-4-17(28-7-11)21(23,24)25/h1-4,6-10,18H,5H2,(H2,26,31)(H,29,30). The fourth-order valence-corrected chi connectivity index (χ4v) is 3.40. The third-order valence-corrected chi connectivity index (χ3v) is 4.90. The van der Waals surface area contributed by atoms with E-state index in [1.165, 1.54) is 24.7 Å². The van der Waals surface area contributed by atoms with Gasteiger partial charge in [0.15, 0.2) is 6.10 Å². The van der Waals surface area contributed by atoms with Gasteiger partial charge in [-0.3, -0.25) is 9.97 Å². The van der Waals surface area contributed by atoms with Gasteiger partial charge in [-0.2, -0.15) is 13.2 Å². The first-order valence-electron chi connectivity index (χ1n) is 9.26. The van der Waals surface area contributed by atoms with Gasteiger partial charge >= 0.3 is 12.3 Å². The molecule has 0 saturated heterocycles. The number of aromatic amines is 1. The highest BCUT2D eigenvalue weighted by atomic mass is 35.5. The van der Waals surface area contributed by atoms with Gasteiger partial charge in [-0.15, -0.1) is 0 Å². The maximum Gasteiger partial charge on any atom is 0.433 e. The number of amides is 1. The third-order valence-electron chi connectivity index (χ3n) is 4.70. The molecule has 0 spiro atoms. The summed E-state index contributed by atoms with van der Waals surface area (Å²) < 4.78 is 43.3. The molecule has 164 valence electrons. The van der Waals surface area contributed by atoms with Crippen molar-refractivity contribution >= 4 is 28.7 Å². The van der Waals surface area contributed by atoms with E-state index in [4.69, 9.17) is 22.1 Å². The van der Waals surface area contributed by atoms with Gasteiger partial charge < -0.3 is 15.5 Å². The van der Waals surface area contributed by atoms with Crippen LogP contribution in [0.1, 0.15) is 34.2 Å². The van der Waals surface area contributed by atoms with Gasteiger partial charge in [0.25, 0.3) is 0 Å². The SMILES string of the molecule is NC(=O)OC(c1ccc(Cc2ccc(C(F)(F)F)nc2)nc1)c1c[nH]c2ncc(Cl)cc12. The number of pyridine rings is 3. The van der Waals surface area contributed by atoms with Crippen LogP contribution in [0.2, 0.25) is 5.02 Å². The molecule has 1 unspecified atom stereocenters. The lowest BCUT2D eigenvalue weighted by Gasteiger charge is -2.17. The van der Waals surface area contributed by atoms with Crippen molar-refractivity contribution in [2.75, 3.05) is 0 Å². The molecule has 0 aromatic carbocycles. The number of primary amides is 1. The van der Waals surface area contributed by atoms with Gasteiger partial charge in [0.1, 0.15) is 11.3 Å². The number of nitrogens with one attached hydrogen (secondary N) is 1. The van der Waals surface area contributed by atoms with Gasteiger partial charge in [-0.05, 0) is 23.8 Å². The van der Waals surface area contributed by atoms with Crippen LogP contribution in [-0.2, 0) is 17.3 Å². The van der Waals surface area contributed by atoms with Crippen molar-refractivity contribution in [1.29, 1.82) is 0 Å². The number of alkyl halides is 3. The number of ether oxygens (including phenoxy) is 1. The molecule has 0 saturated carbocycles. The van der Waals surface area contributed by atoms with Crippen LogP contribution in [0.4, 0.5) is 18.0 Å². The number of carbonyl (C=O) groups is 1. The van der Waals surface area contributed by atoms with E-state index in [0.717, 1.165) is 6.07 Å². The van der Waals surface area contributed by atoms with Crippen LogP contribution in [0.5, 0.6) is 0 Å². The molecule has 4 aromatic rings. The van der Waals surface area contributed by atoms with E-state index >= 15 is 0 Å². The number of halogens is 4. The Kier molecular flexibility index (Phi) is 5.70.